The molecular weight excluding hydrogens is 928 g/mol. The number of allylic oxidation sites excluding steroid dienone is 22. The number of aliphatic hydroxyl groups excluding tert-OH is 1. The minimum Gasteiger partial charge on any atom is -0.462 e. The molecule has 0 spiro atoms. The third-order valence-corrected chi connectivity index (χ3v) is 11.5. The third-order valence-electron chi connectivity index (χ3n) is 10.6. The van der Waals surface area contributed by atoms with Gasteiger partial charge in [-0.05, 0) is 116 Å². The van der Waals surface area contributed by atoms with E-state index in [0.29, 0.717) is 19.3 Å². The van der Waals surface area contributed by atoms with Crippen LogP contribution in [0.5, 0.6) is 0 Å². The Labute approximate surface area is 436 Å². The van der Waals surface area contributed by atoms with Crippen LogP contribution in [-0.4, -0.2) is 66.5 Å². The van der Waals surface area contributed by atoms with Crippen LogP contribution in [-0.2, 0) is 42.2 Å². The van der Waals surface area contributed by atoms with Crippen molar-refractivity contribution in [1.82, 2.24) is 0 Å². The molecule has 3 atom stereocenters. The van der Waals surface area contributed by atoms with E-state index in [1.165, 1.54) is 0 Å². The Morgan fingerprint density at radius 1 is 0.389 bits per heavy atom. The van der Waals surface area contributed by atoms with Crippen molar-refractivity contribution in [2.75, 3.05) is 26.4 Å². The summed E-state index contributed by atoms with van der Waals surface area (Å²) in [4.78, 5) is 48.4. The number of phosphoric ester groups is 1. The summed E-state index contributed by atoms with van der Waals surface area (Å²) < 4.78 is 39.3. The highest BCUT2D eigenvalue weighted by Gasteiger charge is 2.28. The zero-order valence-electron chi connectivity index (χ0n) is 44.6. The summed E-state index contributed by atoms with van der Waals surface area (Å²) in [6.45, 7) is 4.14. The Hall–Kier alpha value is -4.38. The van der Waals surface area contributed by atoms with E-state index in [-0.39, 0.29) is 25.9 Å². The maximum absolute atomic E-state index is 12.9. The van der Waals surface area contributed by atoms with Crippen LogP contribution < -0.4 is 0 Å². The first kappa shape index (κ1) is 67.6. The van der Waals surface area contributed by atoms with Gasteiger partial charge in [0.1, 0.15) is 12.7 Å². The second-order valence-corrected chi connectivity index (χ2v) is 18.7. The van der Waals surface area contributed by atoms with Gasteiger partial charge < -0.3 is 24.2 Å². The van der Waals surface area contributed by atoms with Crippen molar-refractivity contribution in [1.29, 1.82) is 0 Å². The number of hydrogen-bond acceptors (Lipinski definition) is 10. The maximum Gasteiger partial charge on any atom is 0.472 e. The molecule has 0 saturated carbocycles. The van der Waals surface area contributed by atoms with Crippen molar-refractivity contribution in [3.63, 3.8) is 0 Å². The van der Waals surface area contributed by atoms with Crippen molar-refractivity contribution in [2.45, 2.75) is 200 Å². The predicted octanol–water partition coefficient (Wildman–Crippen LogP) is 15.8. The first-order chi connectivity index (χ1) is 35.2. The largest absolute Gasteiger partial charge is 0.472 e. The number of hydrogen-bond donors (Lipinski definition) is 2. The number of carbonyl (C=O) groups is 3. The van der Waals surface area contributed by atoms with Crippen molar-refractivity contribution < 1.29 is 52.2 Å². The van der Waals surface area contributed by atoms with Gasteiger partial charge in [-0.1, -0.05) is 187 Å². The third kappa shape index (κ3) is 50.6. The second-order valence-electron chi connectivity index (χ2n) is 17.2. The average molecular weight is 1020 g/mol. The highest BCUT2D eigenvalue weighted by Crippen LogP contribution is 2.43. The Balaban J connectivity index is 4.89. The molecule has 406 valence electrons. The summed E-state index contributed by atoms with van der Waals surface area (Å²) in [5.74, 6) is -1.62. The molecule has 2 N–H and O–H groups in total. The summed E-state index contributed by atoms with van der Waals surface area (Å²) in [5, 5.41) is 9.77. The Bertz CT molecular complexity index is 1710. The molecule has 0 aliphatic rings. The predicted molar refractivity (Wildman–Crippen MR) is 297 cm³/mol. The number of unbranched alkanes of at least 4 members (excludes halogenated alkanes) is 9. The van der Waals surface area contributed by atoms with Gasteiger partial charge >= 0.3 is 25.7 Å². The van der Waals surface area contributed by atoms with Crippen molar-refractivity contribution in [3.05, 3.63) is 134 Å². The van der Waals surface area contributed by atoms with E-state index in [1.54, 1.807) is 0 Å². The van der Waals surface area contributed by atoms with Gasteiger partial charge in [-0.15, -0.1) is 0 Å². The van der Waals surface area contributed by atoms with E-state index in [2.05, 4.69) is 136 Å². The molecule has 12 heteroatoms. The van der Waals surface area contributed by atoms with Crippen molar-refractivity contribution in [3.8, 4) is 0 Å². The standard InChI is InChI=1S/C60H95O11P/c1-4-7-10-13-16-19-22-25-27-28-30-32-34-37-40-43-46-49-58(62)67-53-57(71-60(64)51-48-45-42-39-36-33-29-26-23-20-17-14-11-8-5-2)55-69-72(65,66)68-54-56(52-61)70-59(63)50-47-44-41-38-35-31-24-21-18-15-12-9-6-3/h7-12,16-21,25-27,29-32,35,41,44,56-57,61H,4-6,13-15,22-24,28,33-34,36-40,42-43,45-55H2,1-3H3,(H,65,66)/b10-7-,11-8-,12-9-,19-16-,20-17-,21-18-,27-25-,29-26-,32-30-,35-31-,44-41-. The molecule has 0 saturated heterocycles. The molecule has 0 bridgehead atoms. The molecule has 0 fully saturated rings. The molecule has 0 radical (unpaired) electrons. The van der Waals surface area contributed by atoms with E-state index < -0.39 is 57.8 Å². The van der Waals surface area contributed by atoms with Crippen LogP contribution >= 0.6 is 7.82 Å². The van der Waals surface area contributed by atoms with Gasteiger partial charge in [-0.25, -0.2) is 4.57 Å². The van der Waals surface area contributed by atoms with Gasteiger partial charge in [-0.2, -0.15) is 0 Å². The normalized spacial score (nSPS) is 14.5. The van der Waals surface area contributed by atoms with Crippen LogP contribution in [0.2, 0.25) is 0 Å². The molecule has 0 heterocycles. The van der Waals surface area contributed by atoms with Gasteiger partial charge in [-0.3, -0.25) is 23.4 Å². The van der Waals surface area contributed by atoms with Gasteiger partial charge in [0, 0.05) is 19.3 Å². The molecule has 0 rings (SSSR count). The lowest BCUT2D eigenvalue weighted by molar-refractivity contribution is -0.161. The maximum atomic E-state index is 12.9. The number of esters is 3. The Morgan fingerprint density at radius 2 is 0.708 bits per heavy atom. The molecule has 11 nitrogen and oxygen atoms in total. The fourth-order valence-electron chi connectivity index (χ4n) is 6.55. The fourth-order valence-corrected chi connectivity index (χ4v) is 7.33. The summed E-state index contributed by atoms with van der Waals surface area (Å²) in [6, 6.07) is 0. The van der Waals surface area contributed by atoms with E-state index in [0.717, 1.165) is 128 Å². The van der Waals surface area contributed by atoms with Crippen molar-refractivity contribution in [2.24, 2.45) is 0 Å². The molecule has 0 aromatic heterocycles. The zero-order chi connectivity index (χ0) is 52.7. The lowest BCUT2D eigenvalue weighted by atomic mass is 10.1. The van der Waals surface area contributed by atoms with Crippen LogP contribution in [0.25, 0.3) is 0 Å². The SMILES string of the molecule is CC/C=C\C/C=C\C/C=C\C/C=C\CCCCCCC(=O)OCC(COP(=O)(O)OCC(CO)OC(=O)CC/C=C\C/C=C\C/C=C\C/C=C\CC)OC(=O)CCCCCCC/C=C\C/C=C\C/C=C\CC. The Kier molecular flexibility index (Phi) is 49.7. The lowest BCUT2D eigenvalue weighted by Gasteiger charge is -2.21. The van der Waals surface area contributed by atoms with Gasteiger partial charge in [0.05, 0.1) is 19.8 Å². The van der Waals surface area contributed by atoms with Gasteiger partial charge in [0.15, 0.2) is 6.10 Å². The number of ether oxygens (including phenoxy) is 3. The van der Waals surface area contributed by atoms with Gasteiger partial charge in [0.2, 0.25) is 0 Å². The molecule has 0 aliphatic heterocycles. The molecule has 0 aromatic carbocycles. The number of aliphatic hydroxyl groups is 1. The number of carbonyl (C=O) groups excluding carboxylic acids is 3. The summed E-state index contributed by atoms with van der Waals surface area (Å²) >= 11 is 0. The topological polar surface area (TPSA) is 155 Å². The summed E-state index contributed by atoms with van der Waals surface area (Å²) in [7, 11) is -4.78. The van der Waals surface area contributed by atoms with Crippen LogP contribution in [0.4, 0.5) is 0 Å². The molecule has 0 aromatic rings. The molecular formula is C60H95O11P. The van der Waals surface area contributed by atoms with E-state index in [9.17, 15) is 28.9 Å². The lowest BCUT2D eigenvalue weighted by Crippen LogP contribution is -2.30. The highest BCUT2D eigenvalue weighted by atomic mass is 31.2. The van der Waals surface area contributed by atoms with Crippen LogP contribution in [0, 0.1) is 0 Å². The summed E-state index contributed by atoms with van der Waals surface area (Å²) in [6.07, 6.45) is 65.8. The number of phosphoric acid groups is 1. The van der Waals surface area contributed by atoms with Crippen molar-refractivity contribution >= 4 is 25.7 Å². The number of rotatable bonds is 48. The molecule has 72 heavy (non-hydrogen) atoms. The zero-order valence-corrected chi connectivity index (χ0v) is 45.5. The van der Waals surface area contributed by atoms with Crippen LogP contribution in [0.3, 0.4) is 0 Å². The molecule has 3 unspecified atom stereocenters. The average Bonchev–Trinajstić information content (AvgIpc) is 3.37. The van der Waals surface area contributed by atoms with Gasteiger partial charge in [0.25, 0.3) is 0 Å². The first-order valence-electron chi connectivity index (χ1n) is 27.1. The monoisotopic (exact) mass is 1020 g/mol. The quantitative estimate of drug-likeness (QED) is 0.0197. The summed E-state index contributed by atoms with van der Waals surface area (Å²) in [5.41, 5.74) is 0. The first-order valence-corrected chi connectivity index (χ1v) is 28.6. The Morgan fingerprint density at radius 3 is 1.12 bits per heavy atom. The smallest absolute Gasteiger partial charge is 0.462 e. The second kappa shape index (κ2) is 52.9. The fraction of sp³-hybridized carbons (Fsp3) is 0.583. The minimum atomic E-state index is -4.78. The van der Waals surface area contributed by atoms with Crippen LogP contribution in [0.15, 0.2) is 134 Å². The van der Waals surface area contributed by atoms with E-state index in [4.69, 9.17) is 23.3 Å². The highest BCUT2D eigenvalue weighted by molar-refractivity contribution is 7.47. The van der Waals surface area contributed by atoms with Crippen LogP contribution in [0.1, 0.15) is 188 Å². The molecule has 0 amide bonds. The van der Waals surface area contributed by atoms with E-state index in [1.807, 2.05) is 18.2 Å². The molecule has 0 aliphatic carbocycles. The minimum absolute atomic E-state index is 0.0458. The van der Waals surface area contributed by atoms with E-state index >= 15 is 0 Å².